The molecule has 0 saturated heterocycles. The highest BCUT2D eigenvalue weighted by Crippen LogP contribution is 2.44. The summed E-state index contributed by atoms with van der Waals surface area (Å²) in [5.41, 5.74) is -0.129. The van der Waals surface area contributed by atoms with E-state index >= 15 is 0 Å². The Morgan fingerprint density at radius 2 is 1.71 bits per heavy atom. The average Bonchev–Trinajstić information content (AvgIpc) is 2.10. The van der Waals surface area contributed by atoms with Crippen LogP contribution in [0, 0.1) is 0 Å². The monoisotopic (exact) mass is 302 g/mol. The molecule has 1 rings (SSSR count). The number of rotatable bonds is 2. The Bertz CT molecular complexity index is 414. The number of hydrogen-bond acceptors (Lipinski definition) is 2. The van der Waals surface area contributed by atoms with Gasteiger partial charge < -0.3 is 0 Å². The Kier molecular flexibility index (Phi) is 4.75. The van der Waals surface area contributed by atoms with Gasteiger partial charge in [0.2, 0.25) is 0 Å². The largest absolute Gasteiger partial charge is 0.404 e. The second kappa shape index (κ2) is 5.50. The van der Waals surface area contributed by atoms with E-state index < -0.39 is 16.5 Å². The number of benzene rings is 1. The van der Waals surface area contributed by atoms with E-state index in [2.05, 4.69) is 0 Å². The van der Waals surface area contributed by atoms with Crippen LogP contribution in [0.5, 0.6) is 0 Å². The molecule has 0 aromatic heterocycles. The van der Waals surface area contributed by atoms with Gasteiger partial charge in [0, 0.05) is 17.0 Å². The first-order valence-electron chi connectivity index (χ1n) is 4.40. The fraction of sp³-hybridized carbons (Fsp3) is 0.300. The molecule has 0 saturated carbocycles. The molecule has 0 radical (unpaired) electrons. The minimum Gasteiger partial charge on any atom is -0.288 e. The predicted molar refractivity (Wildman–Crippen MR) is 63.5 cm³/mol. The van der Waals surface area contributed by atoms with Crippen LogP contribution in [-0.4, -0.2) is 11.3 Å². The van der Waals surface area contributed by atoms with Crippen LogP contribution in [0.3, 0.4) is 0 Å². The highest BCUT2D eigenvalue weighted by molar-refractivity contribution is 8.13. The van der Waals surface area contributed by atoms with Gasteiger partial charge in [0.25, 0.3) is 0 Å². The number of hydrogen-bond donors (Lipinski definition) is 0. The standard InChI is InChI=1S/C10H7Cl2F3OS/c1-5(16)17-9(10(13,14)15)6-2-7(11)4-8(12)3-6/h2-4,9H,1H3. The van der Waals surface area contributed by atoms with Gasteiger partial charge in [-0.15, -0.1) is 0 Å². The first kappa shape index (κ1) is 14.7. The molecule has 94 valence electrons. The smallest absolute Gasteiger partial charge is 0.288 e. The number of thioether (sulfide) groups is 1. The molecule has 0 aliphatic rings. The zero-order valence-corrected chi connectivity index (χ0v) is 10.8. The lowest BCUT2D eigenvalue weighted by atomic mass is 10.1. The van der Waals surface area contributed by atoms with Crippen LogP contribution in [0.2, 0.25) is 10.0 Å². The normalized spacial score (nSPS) is 13.5. The lowest BCUT2D eigenvalue weighted by molar-refractivity contribution is -0.131. The molecule has 1 unspecified atom stereocenters. The van der Waals surface area contributed by atoms with E-state index in [9.17, 15) is 18.0 Å². The van der Waals surface area contributed by atoms with Gasteiger partial charge in [0.1, 0.15) is 5.25 Å². The summed E-state index contributed by atoms with van der Waals surface area (Å²) in [5.74, 6) is 0. The van der Waals surface area contributed by atoms with Gasteiger partial charge in [-0.3, -0.25) is 4.79 Å². The molecule has 1 aromatic carbocycles. The van der Waals surface area contributed by atoms with E-state index in [1.54, 1.807) is 0 Å². The summed E-state index contributed by atoms with van der Waals surface area (Å²) < 4.78 is 38.3. The Morgan fingerprint density at radius 1 is 1.24 bits per heavy atom. The maximum absolute atomic E-state index is 12.8. The number of carbonyl (C=O) groups is 1. The van der Waals surface area contributed by atoms with Crippen molar-refractivity contribution in [2.45, 2.75) is 18.3 Å². The molecule has 1 nitrogen and oxygen atoms in total. The molecule has 17 heavy (non-hydrogen) atoms. The van der Waals surface area contributed by atoms with Crippen LogP contribution in [0.15, 0.2) is 18.2 Å². The van der Waals surface area contributed by atoms with Crippen LogP contribution in [0.25, 0.3) is 0 Å². The third kappa shape index (κ3) is 4.41. The maximum atomic E-state index is 12.8. The molecule has 0 N–H and O–H groups in total. The van der Waals surface area contributed by atoms with E-state index in [1.807, 2.05) is 0 Å². The first-order valence-corrected chi connectivity index (χ1v) is 6.03. The highest BCUT2D eigenvalue weighted by Gasteiger charge is 2.42. The van der Waals surface area contributed by atoms with E-state index in [1.165, 1.54) is 6.07 Å². The predicted octanol–water partition coefficient (Wildman–Crippen LogP) is 4.88. The third-order valence-electron chi connectivity index (χ3n) is 1.77. The molecule has 0 aliphatic heterocycles. The SMILES string of the molecule is CC(=O)SC(c1cc(Cl)cc(Cl)c1)C(F)(F)F. The number of halogens is 5. The minimum absolute atomic E-state index is 0.103. The van der Waals surface area contributed by atoms with E-state index in [0.29, 0.717) is 0 Å². The lowest BCUT2D eigenvalue weighted by Crippen LogP contribution is -2.19. The quantitative estimate of drug-likeness (QED) is 0.775. The highest BCUT2D eigenvalue weighted by atomic mass is 35.5. The van der Waals surface area contributed by atoms with Crippen LogP contribution < -0.4 is 0 Å². The molecule has 1 atom stereocenters. The summed E-state index contributed by atoms with van der Waals surface area (Å²) in [6.07, 6.45) is -4.54. The first-order chi connectivity index (χ1) is 7.70. The molecule has 0 fully saturated rings. The summed E-state index contributed by atoms with van der Waals surface area (Å²) in [6.45, 7) is 1.08. The van der Waals surface area contributed by atoms with Crippen LogP contribution in [0.4, 0.5) is 13.2 Å². The van der Waals surface area contributed by atoms with Crippen LogP contribution >= 0.6 is 35.0 Å². The second-order valence-corrected chi connectivity index (χ2v) is 5.39. The van der Waals surface area contributed by atoms with Crippen molar-refractivity contribution in [2.24, 2.45) is 0 Å². The Balaban J connectivity index is 3.17. The third-order valence-corrected chi connectivity index (χ3v) is 3.31. The van der Waals surface area contributed by atoms with Crippen molar-refractivity contribution < 1.29 is 18.0 Å². The molecule has 7 heteroatoms. The molecule has 0 amide bonds. The number of alkyl halides is 3. The van der Waals surface area contributed by atoms with Gasteiger partial charge in [0.15, 0.2) is 5.12 Å². The molecule has 0 heterocycles. The van der Waals surface area contributed by atoms with E-state index in [-0.39, 0.29) is 27.4 Å². The van der Waals surface area contributed by atoms with Crippen molar-refractivity contribution in [3.05, 3.63) is 33.8 Å². The number of carbonyl (C=O) groups excluding carboxylic acids is 1. The molecule has 0 bridgehead atoms. The Labute approximate surface area is 110 Å². The molecular weight excluding hydrogens is 296 g/mol. The van der Waals surface area contributed by atoms with Crippen LogP contribution in [-0.2, 0) is 4.79 Å². The average molecular weight is 303 g/mol. The van der Waals surface area contributed by atoms with Crippen LogP contribution in [0.1, 0.15) is 17.7 Å². The van der Waals surface area contributed by atoms with Crippen molar-refractivity contribution >= 4 is 40.1 Å². The van der Waals surface area contributed by atoms with Crippen molar-refractivity contribution in [1.82, 2.24) is 0 Å². The summed E-state index contributed by atoms with van der Waals surface area (Å²) in [5, 5.41) is -2.36. The fourth-order valence-electron chi connectivity index (χ4n) is 1.22. The van der Waals surface area contributed by atoms with Crippen molar-refractivity contribution in [2.75, 3.05) is 0 Å². The van der Waals surface area contributed by atoms with Crippen molar-refractivity contribution in [1.29, 1.82) is 0 Å². The molecule has 0 aliphatic carbocycles. The van der Waals surface area contributed by atoms with Gasteiger partial charge in [-0.2, -0.15) is 13.2 Å². The zero-order chi connectivity index (χ0) is 13.2. The molecule has 1 aromatic rings. The minimum atomic E-state index is -4.54. The summed E-state index contributed by atoms with van der Waals surface area (Å²) in [4.78, 5) is 10.8. The van der Waals surface area contributed by atoms with Crippen molar-refractivity contribution in [3.8, 4) is 0 Å². The molecular formula is C10H7Cl2F3OS. The van der Waals surface area contributed by atoms with Gasteiger partial charge >= 0.3 is 6.18 Å². The summed E-state index contributed by atoms with van der Waals surface area (Å²) >= 11 is 11.5. The van der Waals surface area contributed by atoms with Gasteiger partial charge in [0.05, 0.1) is 0 Å². The van der Waals surface area contributed by atoms with Gasteiger partial charge in [-0.1, -0.05) is 35.0 Å². The molecule has 0 spiro atoms. The fourth-order valence-corrected chi connectivity index (χ4v) is 2.50. The summed E-state index contributed by atoms with van der Waals surface area (Å²) in [6, 6.07) is 3.64. The lowest BCUT2D eigenvalue weighted by Gasteiger charge is -2.19. The van der Waals surface area contributed by atoms with E-state index in [4.69, 9.17) is 23.2 Å². The maximum Gasteiger partial charge on any atom is 0.404 e. The Hall–Kier alpha value is -0.390. The van der Waals surface area contributed by atoms with Crippen molar-refractivity contribution in [3.63, 3.8) is 0 Å². The zero-order valence-electron chi connectivity index (χ0n) is 8.52. The van der Waals surface area contributed by atoms with E-state index in [0.717, 1.165) is 19.1 Å². The second-order valence-electron chi connectivity index (χ2n) is 3.23. The topological polar surface area (TPSA) is 17.1 Å². The Morgan fingerprint density at radius 3 is 2.06 bits per heavy atom. The van der Waals surface area contributed by atoms with Gasteiger partial charge in [-0.25, -0.2) is 0 Å². The summed E-state index contributed by atoms with van der Waals surface area (Å²) in [7, 11) is 0. The van der Waals surface area contributed by atoms with Gasteiger partial charge in [-0.05, 0) is 23.8 Å².